The van der Waals surface area contributed by atoms with Crippen molar-refractivity contribution in [3.8, 4) is 11.5 Å². The average Bonchev–Trinajstić information content (AvgIpc) is 2.46. The molecule has 2 atom stereocenters. The van der Waals surface area contributed by atoms with Crippen molar-refractivity contribution in [1.82, 2.24) is 0 Å². The van der Waals surface area contributed by atoms with Crippen LogP contribution in [0.4, 0.5) is 0 Å². The van der Waals surface area contributed by atoms with Crippen LogP contribution in [-0.2, 0) is 4.79 Å². The maximum absolute atomic E-state index is 11.9. The van der Waals surface area contributed by atoms with Crippen LogP contribution in [0.5, 0.6) is 11.5 Å². The van der Waals surface area contributed by atoms with E-state index in [4.69, 9.17) is 9.47 Å². The Hall–Kier alpha value is -1.77. The molecule has 108 valence electrons. The van der Waals surface area contributed by atoms with E-state index >= 15 is 0 Å². The van der Waals surface area contributed by atoms with Gasteiger partial charge >= 0.3 is 0 Å². The van der Waals surface area contributed by atoms with Gasteiger partial charge in [-0.15, -0.1) is 0 Å². The lowest BCUT2D eigenvalue weighted by molar-refractivity contribution is -0.121. The number of allylic oxidation sites excluding steroid dienone is 2. The van der Waals surface area contributed by atoms with Crippen molar-refractivity contribution < 1.29 is 14.3 Å². The highest BCUT2D eigenvalue weighted by atomic mass is 16.5. The molecule has 1 aliphatic rings. The highest BCUT2D eigenvalue weighted by molar-refractivity contribution is 5.80. The number of Topliss-reactive ketones (excluding diaryl/α,β-unsaturated/α-hetero) is 1. The number of ether oxygens (including phenoxy) is 2. The first-order chi connectivity index (χ1) is 9.56. The fraction of sp³-hybridized carbons (Fsp3) is 0.471. The minimum atomic E-state index is 0.0275. The Morgan fingerprint density at radius 3 is 2.60 bits per heavy atom. The van der Waals surface area contributed by atoms with Crippen LogP contribution >= 0.6 is 0 Å². The van der Waals surface area contributed by atoms with Crippen LogP contribution < -0.4 is 9.47 Å². The fourth-order valence-electron chi connectivity index (χ4n) is 2.93. The molecule has 3 heteroatoms. The van der Waals surface area contributed by atoms with Crippen LogP contribution in [0.25, 0.3) is 0 Å². The third-order valence-electron chi connectivity index (χ3n) is 4.07. The van der Waals surface area contributed by atoms with E-state index < -0.39 is 0 Å². The molecule has 0 unspecified atom stereocenters. The highest BCUT2D eigenvalue weighted by Crippen LogP contribution is 2.41. The molecule has 0 saturated heterocycles. The molecule has 2 rings (SSSR count). The van der Waals surface area contributed by atoms with Crippen molar-refractivity contribution >= 4 is 5.78 Å². The highest BCUT2D eigenvalue weighted by Gasteiger charge is 2.30. The van der Waals surface area contributed by atoms with Crippen LogP contribution in [0.3, 0.4) is 0 Å². The van der Waals surface area contributed by atoms with Gasteiger partial charge in [0.1, 0.15) is 17.3 Å². The van der Waals surface area contributed by atoms with E-state index in [2.05, 4.69) is 13.0 Å². The molecule has 20 heavy (non-hydrogen) atoms. The molecule has 0 radical (unpaired) electrons. The first-order valence-corrected chi connectivity index (χ1v) is 6.96. The topological polar surface area (TPSA) is 35.5 Å². The average molecular weight is 274 g/mol. The summed E-state index contributed by atoms with van der Waals surface area (Å²) in [6.45, 7) is 3.80. The van der Waals surface area contributed by atoms with E-state index in [0.717, 1.165) is 29.9 Å². The zero-order valence-corrected chi connectivity index (χ0v) is 12.6. The summed E-state index contributed by atoms with van der Waals surface area (Å²) >= 11 is 0. The molecule has 0 spiro atoms. The lowest BCUT2D eigenvalue weighted by Crippen LogP contribution is -2.23. The zero-order valence-electron chi connectivity index (χ0n) is 12.6. The molecule has 0 heterocycles. The molecule has 0 N–H and O–H groups in total. The minimum absolute atomic E-state index is 0.0275. The maximum atomic E-state index is 11.9. The SMILES string of the molecule is COc1ccc(OC)c([C@@H]2C=C(C)CC[C@@H]2C(C)=O)c1. The Kier molecular flexibility index (Phi) is 4.48. The number of ketones is 1. The second-order valence-electron chi connectivity index (χ2n) is 5.40. The van der Waals surface area contributed by atoms with Crippen LogP contribution in [-0.4, -0.2) is 20.0 Å². The van der Waals surface area contributed by atoms with Gasteiger partial charge in [-0.2, -0.15) is 0 Å². The van der Waals surface area contributed by atoms with Crippen molar-refractivity contribution in [2.24, 2.45) is 5.92 Å². The van der Waals surface area contributed by atoms with Gasteiger partial charge in [0.2, 0.25) is 0 Å². The van der Waals surface area contributed by atoms with Gasteiger partial charge in [-0.25, -0.2) is 0 Å². The van der Waals surface area contributed by atoms with Gasteiger partial charge in [0.15, 0.2) is 0 Å². The summed E-state index contributed by atoms with van der Waals surface area (Å²) in [5, 5.41) is 0. The van der Waals surface area contributed by atoms with Gasteiger partial charge in [-0.05, 0) is 44.9 Å². The Bertz CT molecular complexity index is 531. The molecule has 1 aliphatic carbocycles. The van der Waals surface area contributed by atoms with Gasteiger partial charge in [-0.3, -0.25) is 4.79 Å². The van der Waals surface area contributed by atoms with Gasteiger partial charge in [0.25, 0.3) is 0 Å². The van der Waals surface area contributed by atoms with E-state index in [1.807, 2.05) is 18.2 Å². The smallest absolute Gasteiger partial charge is 0.133 e. The Balaban J connectivity index is 2.50. The second kappa shape index (κ2) is 6.12. The molecule has 1 aromatic carbocycles. The van der Waals surface area contributed by atoms with Gasteiger partial charge in [-0.1, -0.05) is 11.6 Å². The number of hydrogen-bond acceptors (Lipinski definition) is 3. The normalized spacial score (nSPS) is 22.1. The number of carbonyl (C=O) groups is 1. The van der Waals surface area contributed by atoms with Crippen molar-refractivity contribution in [3.63, 3.8) is 0 Å². The van der Waals surface area contributed by atoms with Gasteiger partial charge in [0.05, 0.1) is 14.2 Å². The van der Waals surface area contributed by atoms with E-state index in [9.17, 15) is 4.79 Å². The van der Waals surface area contributed by atoms with Gasteiger partial charge < -0.3 is 9.47 Å². The summed E-state index contributed by atoms with van der Waals surface area (Å²) in [5.41, 5.74) is 2.36. The minimum Gasteiger partial charge on any atom is -0.497 e. The van der Waals surface area contributed by atoms with Crippen molar-refractivity contribution in [1.29, 1.82) is 0 Å². The molecule has 1 aromatic rings. The zero-order chi connectivity index (χ0) is 14.7. The van der Waals surface area contributed by atoms with Crippen molar-refractivity contribution in [3.05, 3.63) is 35.4 Å². The Morgan fingerprint density at radius 1 is 1.25 bits per heavy atom. The molecule has 0 saturated carbocycles. The van der Waals surface area contributed by atoms with E-state index in [1.165, 1.54) is 5.57 Å². The third-order valence-corrected chi connectivity index (χ3v) is 4.07. The maximum Gasteiger partial charge on any atom is 0.133 e. The molecular weight excluding hydrogens is 252 g/mol. The van der Waals surface area contributed by atoms with E-state index in [1.54, 1.807) is 21.1 Å². The molecule has 0 aromatic heterocycles. The third kappa shape index (κ3) is 2.87. The quantitative estimate of drug-likeness (QED) is 0.785. The molecule has 0 amide bonds. The number of rotatable bonds is 4. The predicted octanol–water partition coefficient (Wildman–Crippen LogP) is 3.73. The number of hydrogen-bond donors (Lipinski definition) is 0. The summed E-state index contributed by atoms with van der Waals surface area (Å²) in [5.74, 6) is 1.95. The van der Waals surface area contributed by atoms with Crippen molar-refractivity contribution in [2.75, 3.05) is 14.2 Å². The standard InChI is InChI=1S/C17H22O3/c1-11-5-7-14(12(2)18)15(9-11)16-10-13(19-3)6-8-17(16)20-4/h6,8-10,14-15H,5,7H2,1-4H3/t14-,15-/m1/s1. The van der Waals surface area contributed by atoms with Crippen LogP contribution in [0.2, 0.25) is 0 Å². The number of benzene rings is 1. The van der Waals surface area contributed by atoms with Crippen molar-refractivity contribution in [2.45, 2.75) is 32.6 Å². The lowest BCUT2D eigenvalue weighted by Gasteiger charge is -2.29. The molecule has 0 aliphatic heterocycles. The summed E-state index contributed by atoms with van der Waals surface area (Å²) in [6.07, 6.45) is 4.10. The van der Waals surface area contributed by atoms with Crippen LogP contribution in [0.15, 0.2) is 29.8 Å². The summed E-state index contributed by atoms with van der Waals surface area (Å²) in [4.78, 5) is 11.9. The number of methoxy groups -OCH3 is 2. The van der Waals surface area contributed by atoms with E-state index in [-0.39, 0.29) is 17.6 Å². The Morgan fingerprint density at radius 2 is 2.00 bits per heavy atom. The predicted molar refractivity (Wildman–Crippen MR) is 79.4 cm³/mol. The molecular formula is C17H22O3. The largest absolute Gasteiger partial charge is 0.497 e. The number of carbonyl (C=O) groups excluding carboxylic acids is 1. The lowest BCUT2D eigenvalue weighted by atomic mass is 9.75. The summed E-state index contributed by atoms with van der Waals surface area (Å²) < 4.78 is 10.8. The Labute approximate surface area is 120 Å². The molecule has 0 bridgehead atoms. The first kappa shape index (κ1) is 14.6. The first-order valence-electron chi connectivity index (χ1n) is 6.96. The fourth-order valence-corrected chi connectivity index (χ4v) is 2.93. The summed E-state index contributed by atoms with van der Waals surface area (Å²) in [7, 11) is 3.31. The van der Waals surface area contributed by atoms with Gasteiger partial charge in [0, 0.05) is 17.4 Å². The molecule has 3 nitrogen and oxygen atoms in total. The summed E-state index contributed by atoms with van der Waals surface area (Å²) in [6, 6.07) is 5.77. The van der Waals surface area contributed by atoms with Crippen LogP contribution in [0, 0.1) is 5.92 Å². The second-order valence-corrected chi connectivity index (χ2v) is 5.40. The van der Waals surface area contributed by atoms with E-state index in [0.29, 0.717) is 0 Å². The monoisotopic (exact) mass is 274 g/mol. The van der Waals surface area contributed by atoms with Crippen LogP contribution in [0.1, 0.15) is 38.2 Å². The molecule has 0 fully saturated rings.